The minimum absolute atomic E-state index is 0.290. The van der Waals surface area contributed by atoms with Crippen LogP contribution in [0.4, 0.5) is 10.1 Å². The number of methoxy groups -OCH3 is 1. The molecule has 2 heterocycles. The molecule has 2 aromatic carbocycles. The molecule has 0 amide bonds. The van der Waals surface area contributed by atoms with Gasteiger partial charge in [-0.3, -0.25) is 4.72 Å². The van der Waals surface area contributed by atoms with Gasteiger partial charge in [0.05, 0.1) is 24.2 Å². The maximum atomic E-state index is 13.4. The minimum Gasteiger partial charge on any atom is -0.495 e. The fourth-order valence-electron chi connectivity index (χ4n) is 3.07. The van der Waals surface area contributed by atoms with Crippen LogP contribution in [0.25, 0.3) is 16.9 Å². The van der Waals surface area contributed by atoms with Crippen LogP contribution >= 0.6 is 0 Å². The summed E-state index contributed by atoms with van der Waals surface area (Å²) in [4.78, 5) is 4.56. The molecule has 0 radical (unpaired) electrons. The molecule has 29 heavy (non-hydrogen) atoms. The number of benzene rings is 2. The van der Waals surface area contributed by atoms with E-state index in [4.69, 9.17) is 4.74 Å². The van der Waals surface area contributed by atoms with Gasteiger partial charge in [0.1, 0.15) is 17.2 Å². The number of anilines is 1. The maximum absolute atomic E-state index is 13.4. The van der Waals surface area contributed by atoms with Crippen molar-refractivity contribution in [1.29, 1.82) is 0 Å². The van der Waals surface area contributed by atoms with Crippen molar-refractivity contribution in [2.75, 3.05) is 11.8 Å². The van der Waals surface area contributed by atoms with Gasteiger partial charge < -0.3 is 9.14 Å². The van der Waals surface area contributed by atoms with E-state index < -0.39 is 15.8 Å². The highest BCUT2D eigenvalue weighted by molar-refractivity contribution is 7.91. The first-order valence-corrected chi connectivity index (χ1v) is 10.5. The van der Waals surface area contributed by atoms with Crippen LogP contribution in [0.1, 0.15) is 5.56 Å². The molecule has 8 heteroatoms. The van der Waals surface area contributed by atoms with Crippen molar-refractivity contribution in [1.82, 2.24) is 9.38 Å². The second-order valence-corrected chi connectivity index (χ2v) is 8.22. The zero-order chi connectivity index (χ0) is 20.4. The first-order chi connectivity index (χ1) is 13.9. The summed E-state index contributed by atoms with van der Waals surface area (Å²) in [5, 5.41) is 0. The highest BCUT2D eigenvalue weighted by Crippen LogP contribution is 2.31. The number of rotatable bonds is 6. The van der Waals surface area contributed by atoms with E-state index in [2.05, 4.69) is 9.71 Å². The number of pyridine rings is 1. The third-order valence-corrected chi connectivity index (χ3v) is 5.61. The number of ether oxygens (including phenoxy) is 1. The van der Waals surface area contributed by atoms with E-state index >= 15 is 0 Å². The molecule has 0 saturated carbocycles. The Balaban J connectivity index is 1.66. The van der Waals surface area contributed by atoms with Crippen molar-refractivity contribution in [2.45, 2.75) is 5.75 Å². The van der Waals surface area contributed by atoms with E-state index in [0.717, 1.165) is 11.2 Å². The Morgan fingerprint density at radius 2 is 1.97 bits per heavy atom. The van der Waals surface area contributed by atoms with Gasteiger partial charge in [0.15, 0.2) is 0 Å². The lowest BCUT2D eigenvalue weighted by molar-refractivity contribution is 0.417. The van der Waals surface area contributed by atoms with Crippen molar-refractivity contribution < 1.29 is 17.5 Å². The molecule has 0 atom stereocenters. The number of hydrogen-bond acceptors (Lipinski definition) is 4. The Morgan fingerprint density at radius 3 is 2.72 bits per heavy atom. The van der Waals surface area contributed by atoms with Crippen LogP contribution in [-0.4, -0.2) is 24.9 Å². The number of aromatic nitrogens is 2. The number of fused-ring (bicyclic) bond motifs is 1. The lowest BCUT2D eigenvalue weighted by atomic mass is 10.1. The molecule has 0 aliphatic heterocycles. The van der Waals surface area contributed by atoms with Gasteiger partial charge in [-0.15, -0.1) is 0 Å². The van der Waals surface area contributed by atoms with Crippen molar-refractivity contribution in [3.8, 4) is 17.0 Å². The van der Waals surface area contributed by atoms with Crippen LogP contribution in [0.15, 0.2) is 73.1 Å². The molecular formula is C21H18FN3O3S. The number of nitrogens with one attached hydrogen (secondary N) is 1. The van der Waals surface area contributed by atoms with Crippen LogP contribution in [0.2, 0.25) is 0 Å². The smallest absolute Gasteiger partial charge is 0.237 e. The van der Waals surface area contributed by atoms with Crippen molar-refractivity contribution >= 4 is 21.4 Å². The molecule has 0 spiro atoms. The monoisotopic (exact) mass is 411 g/mol. The molecule has 0 unspecified atom stereocenters. The van der Waals surface area contributed by atoms with E-state index in [9.17, 15) is 12.8 Å². The van der Waals surface area contributed by atoms with Crippen LogP contribution in [0.5, 0.6) is 5.75 Å². The van der Waals surface area contributed by atoms with Gasteiger partial charge in [0.25, 0.3) is 0 Å². The number of hydrogen-bond donors (Lipinski definition) is 1. The Morgan fingerprint density at radius 1 is 1.10 bits per heavy atom. The Kier molecular flexibility index (Phi) is 4.94. The summed E-state index contributed by atoms with van der Waals surface area (Å²) in [6, 6.07) is 16.3. The first kappa shape index (κ1) is 18.9. The van der Waals surface area contributed by atoms with E-state index in [1.807, 2.05) is 41.1 Å². The second kappa shape index (κ2) is 7.56. The van der Waals surface area contributed by atoms with E-state index in [1.54, 1.807) is 18.2 Å². The first-order valence-electron chi connectivity index (χ1n) is 8.81. The summed E-state index contributed by atoms with van der Waals surface area (Å²) in [5.74, 6) is -0.462. The molecule has 0 aliphatic carbocycles. The molecule has 2 aromatic heterocycles. The number of halogens is 1. The molecule has 148 valence electrons. The average molecular weight is 411 g/mol. The van der Waals surface area contributed by atoms with Crippen LogP contribution < -0.4 is 9.46 Å². The quantitative estimate of drug-likeness (QED) is 0.519. The summed E-state index contributed by atoms with van der Waals surface area (Å²) >= 11 is 0. The Hall–Kier alpha value is -3.39. The van der Waals surface area contributed by atoms with E-state index in [1.165, 1.54) is 25.3 Å². The highest BCUT2D eigenvalue weighted by Gasteiger charge is 2.16. The third kappa shape index (κ3) is 4.22. The molecular weight excluding hydrogens is 393 g/mol. The minimum atomic E-state index is -3.78. The van der Waals surface area contributed by atoms with E-state index in [-0.39, 0.29) is 5.75 Å². The van der Waals surface area contributed by atoms with Gasteiger partial charge in [0, 0.05) is 18.0 Å². The molecule has 0 saturated heterocycles. The molecule has 1 N–H and O–H groups in total. The van der Waals surface area contributed by atoms with Crippen molar-refractivity contribution in [2.24, 2.45) is 0 Å². The van der Waals surface area contributed by atoms with Crippen LogP contribution in [0.3, 0.4) is 0 Å². The molecule has 0 fully saturated rings. The summed E-state index contributed by atoms with van der Waals surface area (Å²) in [7, 11) is -2.32. The lowest BCUT2D eigenvalue weighted by Crippen LogP contribution is -2.15. The molecule has 6 nitrogen and oxygen atoms in total. The largest absolute Gasteiger partial charge is 0.495 e. The zero-order valence-electron chi connectivity index (χ0n) is 15.5. The van der Waals surface area contributed by atoms with Crippen LogP contribution in [-0.2, 0) is 15.8 Å². The van der Waals surface area contributed by atoms with Gasteiger partial charge in [-0.25, -0.2) is 17.8 Å². The second-order valence-electron chi connectivity index (χ2n) is 6.50. The summed E-state index contributed by atoms with van der Waals surface area (Å²) in [6.45, 7) is 0. The molecule has 4 rings (SSSR count). The van der Waals surface area contributed by atoms with Crippen LogP contribution in [0, 0.1) is 5.82 Å². The molecule has 4 aromatic rings. The SMILES string of the molecule is COc1ccc(-c2cn3ccccc3n2)cc1NS(=O)(=O)Cc1cccc(F)c1. The number of sulfonamides is 1. The normalized spacial score (nSPS) is 11.5. The van der Waals surface area contributed by atoms with Gasteiger partial charge in [-0.1, -0.05) is 18.2 Å². The van der Waals surface area contributed by atoms with Crippen molar-refractivity contribution in [3.63, 3.8) is 0 Å². The standard InChI is InChI=1S/C21H18FN3O3S/c1-28-20-9-8-16(19-13-25-10-3-2-7-21(25)23-19)12-18(20)24-29(26,27)14-15-5-4-6-17(22)11-15/h2-13,24H,14H2,1H3. The Bertz CT molecular complexity index is 1250. The van der Waals surface area contributed by atoms with Crippen molar-refractivity contribution in [3.05, 3.63) is 84.4 Å². The number of nitrogens with zero attached hydrogens (tertiary/aromatic N) is 2. The molecule has 0 bridgehead atoms. The van der Waals surface area contributed by atoms with Gasteiger partial charge >= 0.3 is 0 Å². The third-order valence-electron chi connectivity index (χ3n) is 4.37. The number of imidazole rings is 1. The maximum Gasteiger partial charge on any atom is 0.237 e. The summed E-state index contributed by atoms with van der Waals surface area (Å²) in [5.41, 5.74) is 2.86. The zero-order valence-corrected chi connectivity index (χ0v) is 16.4. The van der Waals surface area contributed by atoms with Gasteiger partial charge in [-0.2, -0.15) is 0 Å². The predicted octanol–water partition coefficient (Wildman–Crippen LogP) is 4.09. The Labute approximate surface area is 167 Å². The average Bonchev–Trinajstić information content (AvgIpc) is 3.11. The fraction of sp³-hybridized carbons (Fsp3) is 0.0952. The highest BCUT2D eigenvalue weighted by atomic mass is 32.2. The summed E-state index contributed by atoms with van der Waals surface area (Å²) in [6.07, 6.45) is 3.75. The molecule has 0 aliphatic rings. The predicted molar refractivity (Wildman–Crippen MR) is 110 cm³/mol. The van der Waals surface area contributed by atoms with Gasteiger partial charge in [-0.05, 0) is 48.0 Å². The van der Waals surface area contributed by atoms with E-state index in [0.29, 0.717) is 22.7 Å². The summed E-state index contributed by atoms with van der Waals surface area (Å²) < 4.78 is 48.3. The topological polar surface area (TPSA) is 72.7 Å². The lowest BCUT2D eigenvalue weighted by Gasteiger charge is -2.13. The fourth-order valence-corrected chi connectivity index (χ4v) is 4.26. The van der Waals surface area contributed by atoms with Gasteiger partial charge in [0.2, 0.25) is 10.0 Å².